The minimum Gasteiger partial charge on any atom is -0.336 e. The summed E-state index contributed by atoms with van der Waals surface area (Å²) in [4.78, 5) is 15.7. The van der Waals surface area contributed by atoms with Crippen LogP contribution in [0.25, 0.3) is 0 Å². The first-order valence-corrected chi connectivity index (χ1v) is 6.13. The Bertz CT molecular complexity index is 424. The second-order valence-corrected chi connectivity index (χ2v) is 4.51. The first-order chi connectivity index (χ1) is 8.69. The van der Waals surface area contributed by atoms with Gasteiger partial charge in [-0.05, 0) is 17.7 Å². The molecule has 0 radical (unpaired) electrons. The zero-order valence-corrected chi connectivity index (χ0v) is 10.3. The molecule has 0 saturated carbocycles. The van der Waals surface area contributed by atoms with Crippen LogP contribution in [0, 0.1) is 5.82 Å². The second kappa shape index (κ2) is 5.93. The van der Waals surface area contributed by atoms with Gasteiger partial charge >= 0.3 is 0 Å². The predicted molar refractivity (Wildman–Crippen MR) is 67.3 cm³/mol. The van der Waals surface area contributed by atoms with Crippen molar-refractivity contribution in [2.24, 2.45) is 5.73 Å². The van der Waals surface area contributed by atoms with E-state index in [0.717, 1.165) is 18.7 Å². The van der Waals surface area contributed by atoms with Gasteiger partial charge in [-0.15, -0.1) is 0 Å². The van der Waals surface area contributed by atoms with E-state index in [1.807, 2.05) is 11.0 Å². The lowest BCUT2D eigenvalue weighted by molar-refractivity contribution is -0.136. The van der Waals surface area contributed by atoms with Crippen molar-refractivity contribution in [3.05, 3.63) is 35.6 Å². The van der Waals surface area contributed by atoms with Crippen LogP contribution in [0.5, 0.6) is 0 Å². The summed E-state index contributed by atoms with van der Waals surface area (Å²) in [5.41, 5.74) is 6.30. The van der Waals surface area contributed by atoms with E-state index in [9.17, 15) is 9.18 Å². The number of rotatable bonds is 4. The average Bonchev–Trinajstić information content (AvgIpc) is 2.33. The lowest BCUT2D eigenvalue weighted by atomic mass is 10.2. The molecule has 1 aliphatic heterocycles. The third-order valence-corrected chi connectivity index (χ3v) is 3.11. The standard InChI is InChI=1S/C13H18FN3O/c14-12-3-1-2-11(8-12)9-17-7-6-16(5-4-15)10-13(17)18/h1-3,8H,4-7,9-10,15H2. The molecule has 98 valence electrons. The lowest BCUT2D eigenvalue weighted by Crippen LogP contribution is -2.50. The van der Waals surface area contributed by atoms with Crippen molar-refractivity contribution < 1.29 is 9.18 Å². The Morgan fingerprint density at radius 2 is 2.17 bits per heavy atom. The van der Waals surface area contributed by atoms with E-state index in [1.54, 1.807) is 11.0 Å². The maximum atomic E-state index is 13.1. The van der Waals surface area contributed by atoms with Crippen LogP contribution in [-0.4, -0.2) is 48.4 Å². The Kier molecular flexibility index (Phi) is 4.28. The van der Waals surface area contributed by atoms with Gasteiger partial charge < -0.3 is 10.6 Å². The zero-order chi connectivity index (χ0) is 13.0. The monoisotopic (exact) mass is 251 g/mol. The first-order valence-electron chi connectivity index (χ1n) is 6.13. The Balaban J connectivity index is 1.93. The van der Waals surface area contributed by atoms with Gasteiger partial charge in [0.1, 0.15) is 5.82 Å². The van der Waals surface area contributed by atoms with Crippen molar-refractivity contribution in [3.63, 3.8) is 0 Å². The van der Waals surface area contributed by atoms with E-state index >= 15 is 0 Å². The quantitative estimate of drug-likeness (QED) is 0.844. The minimum atomic E-state index is -0.262. The van der Waals surface area contributed by atoms with E-state index in [2.05, 4.69) is 0 Å². The van der Waals surface area contributed by atoms with Gasteiger partial charge in [-0.25, -0.2) is 4.39 Å². The van der Waals surface area contributed by atoms with Crippen LogP contribution in [0.15, 0.2) is 24.3 Å². The molecule has 5 heteroatoms. The number of benzene rings is 1. The number of hydrogen-bond donors (Lipinski definition) is 1. The number of carbonyl (C=O) groups excluding carboxylic acids is 1. The molecule has 0 aromatic heterocycles. The molecule has 1 saturated heterocycles. The van der Waals surface area contributed by atoms with E-state index in [4.69, 9.17) is 5.73 Å². The zero-order valence-electron chi connectivity index (χ0n) is 10.3. The molecular formula is C13H18FN3O. The smallest absolute Gasteiger partial charge is 0.237 e. The van der Waals surface area contributed by atoms with Crippen molar-refractivity contribution in [1.29, 1.82) is 0 Å². The third-order valence-electron chi connectivity index (χ3n) is 3.11. The fourth-order valence-electron chi connectivity index (χ4n) is 2.15. The molecule has 1 fully saturated rings. The van der Waals surface area contributed by atoms with Crippen molar-refractivity contribution >= 4 is 5.91 Å². The minimum absolute atomic E-state index is 0.0824. The molecule has 1 aromatic rings. The van der Waals surface area contributed by atoms with Crippen molar-refractivity contribution in [3.8, 4) is 0 Å². The van der Waals surface area contributed by atoms with Crippen LogP contribution in [0.3, 0.4) is 0 Å². The molecule has 0 atom stereocenters. The summed E-state index contributed by atoms with van der Waals surface area (Å²) in [7, 11) is 0. The second-order valence-electron chi connectivity index (χ2n) is 4.51. The number of piperazine rings is 1. The normalized spacial score (nSPS) is 17.2. The van der Waals surface area contributed by atoms with Crippen LogP contribution in [0.4, 0.5) is 4.39 Å². The van der Waals surface area contributed by atoms with Gasteiger partial charge in [0.15, 0.2) is 0 Å². The molecule has 18 heavy (non-hydrogen) atoms. The van der Waals surface area contributed by atoms with Gasteiger partial charge in [-0.2, -0.15) is 0 Å². The van der Waals surface area contributed by atoms with Crippen LogP contribution < -0.4 is 5.73 Å². The first kappa shape index (κ1) is 13.0. The maximum absolute atomic E-state index is 13.1. The van der Waals surface area contributed by atoms with Gasteiger partial charge in [0.2, 0.25) is 5.91 Å². The van der Waals surface area contributed by atoms with Crippen LogP contribution in [0.2, 0.25) is 0 Å². The summed E-state index contributed by atoms with van der Waals surface area (Å²) >= 11 is 0. The summed E-state index contributed by atoms with van der Waals surface area (Å²) in [6, 6.07) is 6.38. The Hall–Kier alpha value is -1.46. The molecule has 0 unspecified atom stereocenters. The Morgan fingerprint density at radius 3 is 2.83 bits per heavy atom. The molecule has 1 amide bonds. The fourth-order valence-corrected chi connectivity index (χ4v) is 2.15. The predicted octanol–water partition coefficient (Wildman–Crippen LogP) is 0.429. The lowest BCUT2D eigenvalue weighted by Gasteiger charge is -2.34. The Labute approximate surface area is 106 Å². The largest absolute Gasteiger partial charge is 0.336 e. The number of carbonyl (C=O) groups is 1. The fraction of sp³-hybridized carbons (Fsp3) is 0.462. The summed E-state index contributed by atoms with van der Waals surface area (Å²) in [5.74, 6) is -0.180. The molecule has 1 aromatic carbocycles. The van der Waals surface area contributed by atoms with Crippen molar-refractivity contribution in [2.45, 2.75) is 6.54 Å². The number of hydrogen-bond acceptors (Lipinski definition) is 3. The number of nitrogens with zero attached hydrogens (tertiary/aromatic N) is 2. The SMILES string of the molecule is NCCN1CCN(Cc2cccc(F)c2)C(=O)C1. The van der Waals surface area contributed by atoms with E-state index in [1.165, 1.54) is 12.1 Å². The number of nitrogens with two attached hydrogens (primary N) is 1. The molecule has 2 rings (SSSR count). The van der Waals surface area contributed by atoms with Crippen molar-refractivity contribution in [1.82, 2.24) is 9.80 Å². The molecular weight excluding hydrogens is 233 g/mol. The molecule has 4 nitrogen and oxygen atoms in total. The summed E-state index contributed by atoms with van der Waals surface area (Å²) < 4.78 is 13.1. The number of halogens is 1. The Morgan fingerprint density at radius 1 is 1.33 bits per heavy atom. The molecule has 2 N–H and O–H groups in total. The van der Waals surface area contributed by atoms with Gasteiger partial charge in [-0.3, -0.25) is 9.69 Å². The van der Waals surface area contributed by atoms with E-state index in [-0.39, 0.29) is 11.7 Å². The van der Waals surface area contributed by atoms with Crippen molar-refractivity contribution in [2.75, 3.05) is 32.7 Å². The van der Waals surface area contributed by atoms with E-state index in [0.29, 0.717) is 26.2 Å². The molecule has 1 aliphatic rings. The molecule has 1 heterocycles. The topological polar surface area (TPSA) is 49.6 Å². The molecule has 0 aliphatic carbocycles. The van der Waals surface area contributed by atoms with Gasteiger partial charge in [0.25, 0.3) is 0 Å². The van der Waals surface area contributed by atoms with Gasteiger partial charge in [0.05, 0.1) is 6.54 Å². The molecule has 0 spiro atoms. The highest BCUT2D eigenvalue weighted by atomic mass is 19.1. The van der Waals surface area contributed by atoms with Crippen LogP contribution >= 0.6 is 0 Å². The molecule has 0 bridgehead atoms. The van der Waals surface area contributed by atoms with Crippen LogP contribution in [-0.2, 0) is 11.3 Å². The average molecular weight is 251 g/mol. The third kappa shape index (κ3) is 3.27. The highest BCUT2D eigenvalue weighted by Gasteiger charge is 2.23. The van der Waals surface area contributed by atoms with Gasteiger partial charge in [0, 0.05) is 32.7 Å². The summed E-state index contributed by atoms with van der Waals surface area (Å²) in [6.45, 7) is 3.71. The van der Waals surface area contributed by atoms with E-state index < -0.39 is 0 Å². The summed E-state index contributed by atoms with van der Waals surface area (Å²) in [6.07, 6.45) is 0. The van der Waals surface area contributed by atoms with Gasteiger partial charge in [-0.1, -0.05) is 12.1 Å². The van der Waals surface area contributed by atoms with Crippen LogP contribution in [0.1, 0.15) is 5.56 Å². The maximum Gasteiger partial charge on any atom is 0.237 e. The highest BCUT2D eigenvalue weighted by Crippen LogP contribution is 2.10. The number of amides is 1. The summed E-state index contributed by atoms with van der Waals surface area (Å²) in [5, 5.41) is 0. The highest BCUT2D eigenvalue weighted by molar-refractivity contribution is 5.79.